The van der Waals surface area contributed by atoms with E-state index in [0.29, 0.717) is 0 Å². The van der Waals surface area contributed by atoms with Crippen LogP contribution in [0, 0.1) is 13.8 Å². The van der Waals surface area contributed by atoms with Gasteiger partial charge in [0.25, 0.3) is 0 Å². The fraction of sp³-hybridized carbons (Fsp3) is 0.400. The van der Waals surface area contributed by atoms with Gasteiger partial charge in [-0.15, -0.1) is 0 Å². The Kier molecular flexibility index (Phi) is 2.67. The lowest BCUT2D eigenvalue weighted by Crippen LogP contribution is -2.05. The van der Waals surface area contributed by atoms with Crippen molar-refractivity contribution >= 4 is 13.2 Å². The van der Waals surface area contributed by atoms with Gasteiger partial charge in [-0.1, -0.05) is 26.1 Å². The van der Waals surface area contributed by atoms with Crippen molar-refractivity contribution in [1.29, 1.82) is 0 Å². The zero-order chi connectivity index (χ0) is 8.43. The van der Waals surface area contributed by atoms with Gasteiger partial charge in [-0.2, -0.15) is 0 Å². The van der Waals surface area contributed by atoms with Gasteiger partial charge < -0.3 is 0 Å². The topological polar surface area (TPSA) is 0 Å². The van der Waals surface area contributed by atoms with Crippen LogP contribution in [0.15, 0.2) is 18.2 Å². The van der Waals surface area contributed by atoms with Gasteiger partial charge in [0.15, 0.2) is 0 Å². The zero-order valence-electron chi connectivity index (χ0n) is 7.68. The summed E-state index contributed by atoms with van der Waals surface area (Å²) in [5, 5.41) is 1.54. The minimum Gasteiger partial charge on any atom is -0.0814 e. The number of aryl methyl sites for hydroxylation is 1. The van der Waals surface area contributed by atoms with E-state index < -0.39 is 0 Å². The highest BCUT2D eigenvalue weighted by Crippen LogP contribution is 2.26. The first-order chi connectivity index (χ1) is 5.13. The maximum atomic E-state index is 2.30. The van der Waals surface area contributed by atoms with E-state index in [2.05, 4.69) is 45.4 Å². The van der Waals surface area contributed by atoms with Gasteiger partial charge in [-0.25, -0.2) is 0 Å². The molecular weight excluding hydrogens is 151 g/mol. The fourth-order valence-corrected chi connectivity index (χ4v) is 2.45. The van der Waals surface area contributed by atoms with E-state index in [1.54, 1.807) is 5.30 Å². The molecule has 0 aliphatic carbocycles. The molecule has 1 aromatic rings. The molecule has 0 unspecified atom stereocenters. The summed E-state index contributed by atoms with van der Waals surface area (Å²) in [5.74, 6) is 0. The third kappa shape index (κ3) is 1.81. The summed E-state index contributed by atoms with van der Waals surface area (Å²) in [5.41, 5.74) is 2.89. The standard InChI is InChI=1S/C10H15P/c1-8-6-5-7-10(9(8)2)11(3)4/h5-7H,1-4H3. The van der Waals surface area contributed by atoms with E-state index in [-0.39, 0.29) is 7.92 Å². The molecule has 11 heavy (non-hydrogen) atoms. The van der Waals surface area contributed by atoms with E-state index in [1.807, 2.05) is 0 Å². The van der Waals surface area contributed by atoms with Gasteiger partial charge in [0, 0.05) is 0 Å². The largest absolute Gasteiger partial charge is 0.0814 e. The van der Waals surface area contributed by atoms with E-state index in [9.17, 15) is 0 Å². The van der Waals surface area contributed by atoms with Crippen LogP contribution in [0.2, 0.25) is 0 Å². The quantitative estimate of drug-likeness (QED) is 0.563. The second-order valence-corrected chi connectivity index (χ2v) is 5.38. The number of hydrogen-bond acceptors (Lipinski definition) is 0. The second kappa shape index (κ2) is 3.36. The summed E-state index contributed by atoms with van der Waals surface area (Å²) in [7, 11) is 0.0674. The third-order valence-corrected chi connectivity index (χ3v) is 3.51. The Bertz CT molecular complexity index is 251. The first kappa shape index (κ1) is 8.74. The van der Waals surface area contributed by atoms with Crippen molar-refractivity contribution in [3.8, 4) is 0 Å². The Morgan fingerprint density at radius 2 is 1.73 bits per heavy atom. The molecule has 0 aromatic heterocycles. The fourth-order valence-electron chi connectivity index (χ4n) is 1.22. The first-order valence-corrected chi connectivity index (χ1v) is 6.10. The average Bonchev–Trinajstić information content (AvgIpc) is 1.94. The number of benzene rings is 1. The first-order valence-electron chi connectivity index (χ1n) is 3.86. The molecule has 0 saturated carbocycles. The van der Waals surface area contributed by atoms with E-state index in [0.717, 1.165) is 0 Å². The van der Waals surface area contributed by atoms with Crippen molar-refractivity contribution in [3.63, 3.8) is 0 Å². The number of rotatable bonds is 1. The minimum absolute atomic E-state index is 0.0674. The van der Waals surface area contributed by atoms with Crippen LogP contribution in [-0.4, -0.2) is 13.3 Å². The van der Waals surface area contributed by atoms with Crippen LogP contribution < -0.4 is 5.30 Å². The van der Waals surface area contributed by atoms with E-state index in [1.165, 1.54) is 11.1 Å². The molecule has 0 saturated heterocycles. The average molecular weight is 166 g/mol. The van der Waals surface area contributed by atoms with Crippen LogP contribution in [0.5, 0.6) is 0 Å². The Balaban J connectivity index is 3.17. The molecule has 0 nitrogen and oxygen atoms in total. The molecular formula is C10H15P. The lowest BCUT2D eigenvalue weighted by Gasteiger charge is -2.11. The summed E-state index contributed by atoms with van der Waals surface area (Å²) in [6, 6.07) is 6.58. The SMILES string of the molecule is Cc1cccc(P(C)C)c1C. The third-order valence-electron chi connectivity index (χ3n) is 2.06. The van der Waals surface area contributed by atoms with Crippen LogP contribution in [0.25, 0.3) is 0 Å². The monoisotopic (exact) mass is 166 g/mol. The maximum Gasteiger partial charge on any atom is -0.0214 e. The van der Waals surface area contributed by atoms with Gasteiger partial charge in [0.05, 0.1) is 0 Å². The molecule has 1 heteroatoms. The summed E-state index contributed by atoms with van der Waals surface area (Å²) in [4.78, 5) is 0. The highest BCUT2D eigenvalue weighted by atomic mass is 31.1. The number of hydrogen-bond donors (Lipinski definition) is 0. The Morgan fingerprint density at radius 3 is 2.18 bits per heavy atom. The van der Waals surface area contributed by atoms with Gasteiger partial charge in [-0.05, 0) is 43.6 Å². The van der Waals surface area contributed by atoms with Crippen molar-refractivity contribution in [2.75, 3.05) is 13.3 Å². The molecule has 0 aliphatic heterocycles. The molecule has 0 fully saturated rings. The molecule has 0 atom stereocenters. The van der Waals surface area contributed by atoms with Crippen LogP contribution in [-0.2, 0) is 0 Å². The zero-order valence-corrected chi connectivity index (χ0v) is 8.57. The normalized spacial score (nSPS) is 10.6. The molecule has 0 heterocycles. The van der Waals surface area contributed by atoms with Crippen molar-refractivity contribution in [3.05, 3.63) is 29.3 Å². The van der Waals surface area contributed by atoms with Crippen molar-refractivity contribution in [1.82, 2.24) is 0 Å². The highest BCUT2D eigenvalue weighted by molar-refractivity contribution is 7.64. The van der Waals surface area contributed by atoms with Crippen molar-refractivity contribution in [2.45, 2.75) is 13.8 Å². The molecule has 0 N–H and O–H groups in total. The second-order valence-electron chi connectivity index (χ2n) is 3.11. The Morgan fingerprint density at radius 1 is 1.09 bits per heavy atom. The molecule has 60 valence electrons. The molecule has 1 aromatic carbocycles. The van der Waals surface area contributed by atoms with E-state index >= 15 is 0 Å². The summed E-state index contributed by atoms with van der Waals surface area (Å²) in [6.07, 6.45) is 0. The molecule has 0 radical (unpaired) electrons. The van der Waals surface area contributed by atoms with Gasteiger partial charge >= 0.3 is 0 Å². The van der Waals surface area contributed by atoms with Gasteiger partial charge in [0.2, 0.25) is 0 Å². The summed E-state index contributed by atoms with van der Waals surface area (Å²) in [6.45, 7) is 9.00. The van der Waals surface area contributed by atoms with Gasteiger partial charge in [0.1, 0.15) is 0 Å². The smallest absolute Gasteiger partial charge is 0.0214 e. The minimum atomic E-state index is 0.0674. The van der Waals surface area contributed by atoms with Crippen molar-refractivity contribution in [2.24, 2.45) is 0 Å². The van der Waals surface area contributed by atoms with Crippen LogP contribution in [0.4, 0.5) is 0 Å². The maximum absolute atomic E-state index is 2.30. The van der Waals surface area contributed by atoms with Gasteiger partial charge in [-0.3, -0.25) is 0 Å². The predicted molar refractivity (Wildman–Crippen MR) is 54.3 cm³/mol. The Labute approximate surface area is 70.4 Å². The van der Waals surface area contributed by atoms with Crippen LogP contribution in [0.3, 0.4) is 0 Å². The summed E-state index contributed by atoms with van der Waals surface area (Å²) < 4.78 is 0. The summed E-state index contributed by atoms with van der Waals surface area (Å²) >= 11 is 0. The lowest BCUT2D eigenvalue weighted by atomic mass is 10.1. The molecule has 0 aliphatic rings. The predicted octanol–water partition coefficient (Wildman–Crippen LogP) is 2.67. The molecule has 0 amide bonds. The van der Waals surface area contributed by atoms with E-state index in [4.69, 9.17) is 0 Å². The highest BCUT2D eigenvalue weighted by Gasteiger charge is 2.02. The molecule has 0 bridgehead atoms. The molecule has 0 spiro atoms. The van der Waals surface area contributed by atoms with Crippen molar-refractivity contribution < 1.29 is 0 Å². The Hall–Kier alpha value is -0.350. The van der Waals surface area contributed by atoms with Crippen LogP contribution in [0.1, 0.15) is 11.1 Å². The van der Waals surface area contributed by atoms with Crippen LogP contribution >= 0.6 is 7.92 Å². The lowest BCUT2D eigenvalue weighted by molar-refractivity contribution is 1.37. The molecule has 1 rings (SSSR count).